The smallest absolute Gasteiger partial charge is 0.0441 e. The van der Waals surface area contributed by atoms with Crippen LogP contribution >= 0.6 is 11.6 Å². The normalized spacial score (nSPS) is 12.4. The van der Waals surface area contributed by atoms with Crippen LogP contribution < -0.4 is 5.73 Å². The molecular weight excluding hydrogens is 244 g/mol. The number of aryl methyl sites for hydroxylation is 2. The van der Waals surface area contributed by atoms with Crippen LogP contribution in [0.15, 0.2) is 36.5 Å². The summed E-state index contributed by atoms with van der Waals surface area (Å²) in [5.41, 5.74) is 10.5. The van der Waals surface area contributed by atoms with Crippen molar-refractivity contribution in [2.24, 2.45) is 5.73 Å². The molecular formula is C15H17ClN2. The number of nitrogens with zero attached hydrogens (tertiary/aromatic N) is 1. The van der Waals surface area contributed by atoms with E-state index in [1.165, 1.54) is 0 Å². The molecule has 3 heteroatoms. The Kier molecular flexibility index (Phi) is 4.00. The molecule has 0 saturated carbocycles. The van der Waals surface area contributed by atoms with E-state index in [1.807, 2.05) is 44.3 Å². The summed E-state index contributed by atoms with van der Waals surface area (Å²) in [6, 6.07) is 10.00. The van der Waals surface area contributed by atoms with Crippen molar-refractivity contribution in [2.75, 3.05) is 0 Å². The Hall–Kier alpha value is -1.38. The number of rotatable bonds is 3. The molecule has 0 fully saturated rings. The highest BCUT2D eigenvalue weighted by atomic mass is 35.5. The van der Waals surface area contributed by atoms with Gasteiger partial charge in [0.05, 0.1) is 0 Å². The lowest BCUT2D eigenvalue weighted by molar-refractivity contribution is 0.717. The number of nitrogens with two attached hydrogens (primary N) is 1. The van der Waals surface area contributed by atoms with Crippen molar-refractivity contribution < 1.29 is 0 Å². The van der Waals surface area contributed by atoms with E-state index in [-0.39, 0.29) is 6.04 Å². The first-order valence-electron chi connectivity index (χ1n) is 5.99. The van der Waals surface area contributed by atoms with Gasteiger partial charge in [0, 0.05) is 23.0 Å². The number of aromatic nitrogens is 1. The van der Waals surface area contributed by atoms with E-state index in [9.17, 15) is 0 Å². The average molecular weight is 261 g/mol. The van der Waals surface area contributed by atoms with Crippen molar-refractivity contribution in [1.82, 2.24) is 4.98 Å². The van der Waals surface area contributed by atoms with E-state index in [0.717, 1.165) is 33.8 Å². The predicted octanol–water partition coefficient (Wildman–Crippen LogP) is 3.59. The van der Waals surface area contributed by atoms with Gasteiger partial charge in [-0.15, -0.1) is 0 Å². The Bertz CT molecular complexity index is 535. The first kappa shape index (κ1) is 13.1. The Morgan fingerprint density at radius 2 is 2.00 bits per heavy atom. The van der Waals surface area contributed by atoms with Gasteiger partial charge >= 0.3 is 0 Å². The topological polar surface area (TPSA) is 38.9 Å². The molecule has 1 unspecified atom stereocenters. The highest BCUT2D eigenvalue weighted by molar-refractivity contribution is 6.31. The van der Waals surface area contributed by atoms with E-state index < -0.39 is 0 Å². The van der Waals surface area contributed by atoms with Gasteiger partial charge in [-0.25, -0.2) is 0 Å². The monoisotopic (exact) mass is 260 g/mol. The Balaban J connectivity index is 2.15. The molecule has 0 bridgehead atoms. The molecule has 18 heavy (non-hydrogen) atoms. The summed E-state index contributed by atoms with van der Waals surface area (Å²) in [5.74, 6) is 0. The second-order valence-corrected chi connectivity index (χ2v) is 5.05. The molecule has 2 N–H and O–H groups in total. The van der Waals surface area contributed by atoms with Gasteiger partial charge < -0.3 is 5.73 Å². The third kappa shape index (κ3) is 3.09. The molecule has 0 radical (unpaired) electrons. The minimum atomic E-state index is -0.0710. The zero-order valence-electron chi connectivity index (χ0n) is 10.7. The van der Waals surface area contributed by atoms with Gasteiger partial charge in [-0.05, 0) is 49.1 Å². The zero-order valence-corrected chi connectivity index (χ0v) is 11.4. The largest absolute Gasteiger partial charge is 0.324 e. The fraction of sp³-hybridized carbons (Fsp3) is 0.267. The number of benzene rings is 1. The molecule has 0 aliphatic rings. The molecule has 0 amide bonds. The number of pyridine rings is 1. The van der Waals surface area contributed by atoms with E-state index in [1.54, 1.807) is 0 Å². The molecule has 0 aliphatic heterocycles. The molecule has 0 spiro atoms. The number of hydrogen-bond donors (Lipinski definition) is 1. The van der Waals surface area contributed by atoms with Gasteiger partial charge in [0.1, 0.15) is 0 Å². The van der Waals surface area contributed by atoms with Crippen LogP contribution in [0.3, 0.4) is 0 Å². The van der Waals surface area contributed by atoms with Crippen molar-refractivity contribution in [2.45, 2.75) is 26.3 Å². The zero-order chi connectivity index (χ0) is 13.1. The Morgan fingerprint density at radius 1 is 1.22 bits per heavy atom. The third-order valence-corrected chi connectivity index (χ3v) is 3.36. The lowest BCUT2D eigenvalue weighted by Gasteiger charge is -2.13. The fourth-order valence-corrected chi connectivity index (χ4v) is 2.18. The second kappa shape index (κ2) is 5.51. The van der Waals surface area contributed by atoms with Crippen LogP contribution in [0.4, 0.5) is 0 Å². The summed E-state index contributed by atoms with van der Waals surface area (Å²) < 4.78 is 0. The van der Waals surface area contributed by atoms with Crippen molar-refractivity contribution in [3.8, 4) is 0 Å². The maximum Gasteiger partial charge on any atom is 0.0441 e. The minimum absolute atomic E-state index is 0.0710. The summed E-state index contributed by atoms with van der Waals surface area (Å²) >= 11 is 6.22. The minimum Gasteiger partial charge on any atom is -0.324 e. The average Bonchev–Trinajstić information content (AvgIpc) is 2.33. The van der Waals surface area contributed by atoms with Crippen LogP contribution in [0.2, 0.25) is 5.02 Å². The van der Waals surface area contributed by atoms with Crippen LogP contribution in [-0.2, 0) is 6.42 Å². The van der Waals surface area contributed by atoms with Gasteiger partial charge in [-0.3, -0.25) is 4.98 Å². The first-order valence-corrected chi connectivity index (χ1v) is 6.37. The Morgan fingerprint density at radius 3 is 2.61 bits per heavy atom. The van der Waals surface area contributed by atoms with Crippen LogP contribution in [0.1, 0.15) is 28.4 Å². The predicted molar refractivity (Wildman–Crippen MR) is 75.8 cm³/mol. The van der Waals surface area contributed by atoms with Crippen LogP contribution in [0, 0.1) is 13.8 Å². The summed E-state index contributed by atoms with van der Waals surface area (Å²) in [7, 11) is 0. The maximum absolute atomic E-state index is 6.22. The summed E-state index contributed by atoms with van der Waals surface area (Å²) in [4.78, 5) is 4.27. The SMILES string of the molecule is Cc1ccc(CC(N)c2ccc(C)nc2)c(Cl)c1. The van der Waals surface area contributed by atoms with E-state index in [0.29, 0.717) is 0 Å². The van der Waals surface area contributed by atoms with Gasteiger partial charge in [0.2, 0.25) is 0 Å². The first-order chi connectivity index (χ1) is 8.56. The molecule has 0 saturated heterocycles. The van der Waals surface area contributed by atoms with Crippen LogP contribution in [0.5, 0.6) is 0 Å². The van der Waals surface area contributed by atoms with Crippen LogP contribution in [-0.4, -0.2) is 4.98 Å². The van der Waals surface area contributed by atoms with Gasteiger partial charge in [-0.2, -0.15) is 0 Å². The lowest BCUT2D eigenvalue weighted by atomic mass is 10.00. The molecule has 94 valence electrons. The molecule has 1 aromatic carbocycles. The quantitative estimate of drug-likeness (QED) is 0.916. The van der Waals surface area contributed by atoms with Crippen molar-refractivity contribution in [1.29, 1.82) is 0 Å². The fourth-order valence-electron chi connectivity index (χ4n) is 1.87. The van der Waals surface area contributed by atoms with Crippen molar-refractivity contribution >= 4 is 11.6 Å². The number of halogens is 1. The maximum atomic E-state index is 6.22. The summed E-state index contributed by atoms with van der Waals surface area (Å²) in [5, 5.41) is 0.783. The molecule has 2 rings (SSSR count). The highest BCUT2D eigenvalue weighted by Gasteiger charge is 2.10. The van der Waals surface area contributed by atoms with E-state index >= 15 is 0 Å². The van der Waals surface area contributed by atoms with Crippen molar-refractivity contribution in [3.05, 3.63) is 63.9 Å². The molecule has 2 nitrogen and oxygen atoms in total. The molecule has 0 aliphatic carbocycles. The molecule has 2 aromatic rings. The third-order valence-electron chi connectivity index (χ3n) is 3.01. The summed E-state index contributed by atoms with van der Waals surface area (Å²) in [6.07, 6.45) is 2.56. The molecule has 1 atom stereocenters. The molecule has 1 aromatic heterocycles. The van der Waals surface area contributed by atoms with Crippen LogP contribution in [0.25, 0.3) is 0 Å². The highest BCUT2D eigenvalue weighted by Crippen LogP contribution is 2.23. The van der Waals surface area contributed by atoms with E-state index in [2.05, 4.69) is 11.1 Å². The Labute approximate surface area is 113 Å². The number of hydrogen-bond acceptors (Lipinski definition) is 2. The standard InChI is InChI=1S/C15H17ClN2/c1-10-3-5-12(14(16)7-10)8-15(17)13-6-4-11(2)18-9-13/h3-7,9,15H,8,17H2,1-2H3. The van der Waals surface area contributed by atoms with E-state index in [4.69, 9.17) is 17.3 Å². The summed E-state index contributed by atoms with van der Waals surface area (Å²) in [6.45, 7) is 3.99. The molecule has 1 heterocycles. The lowest BCUT2D eigenvalue weighted by Crippen LogP contribution is -2.14. The van der Waals surface area contributed by atoms with Gasteiger partial charge in [0.15, 0.2) is 0 Å². The second-order valence-electron chi connectivity index (χ2n) is 4.64. The van der Waals surface area contributed by atoms with Gasteiger partial charge in [0.25, 0.3) is 0 Å². The van der Waals surface area contributed by atoms with Gasteiger partial charge in [-0.1, -0.05) is 29.8 Å². The van der Waals surface area contributed by atoms with Crippen molar-refractivity contribution in [3.63, 3.8) is 0 Å².